The van der Waals surface area contributed by atoms with Gasteiger partial charge in [0.1, 0.15) is 0 Å². The zero-order valence-electron chi connectivity index (χ0n) is 17.0. The standard InChI is InChI=1S/C22H21BrN2O5/c1-12(2)30-20-18(23)9-14(10-19(20)29-4)8-17-13(3)24-25(21(17)26)16-7-5-6-15(11-16)22(27)28/h5-12H,1-4H3,(H,27,28)/b17-8-. The van der Waals surface area contributed by atoms with Gasteiger partial charge in [0.25, 0.3) is 5.91 Å². The van der Waals surface area contributed by atoms with Crippen LogP contribution in [0.5, 0.6) is 11.5 Å². The fourth-order valence-electron chi connectivity index (χ4n) is 2.97. The number of carboxylic acids is 1. The minimum atomic E-state index is -1.07. The monoisotopic (exact) mass is 472 g/mol. The van der Waals surface area contributed by atoms with Crippen molar-refractivity contribution < 1.29 is 24.2 Å². The summed E-state index contributed by atoms with van der Waals surface area (Å²) in [6.07, 6.45) is 1.69. The van der Waals surface area contributed by atoms with E-state index in [1.807, 2.05) is 19.9 Å². The van der Waals surface area contributed by atoms with Gasteiger partial charge < -0.3 is 14.6 Å². The second-order valence-corrected chi connectivity index (χ2v) is 7.77. The summed E-state index contributed by atoms with van der Waals surface area (Å²) in [6.45, 7) is 5.58. The minimum Gasteiger partial charge on any atom is -0.493 e. The molecule has 0 aromatic heterocycles. The molecule has 0 spiro atoms. The Morgan fingerprint density at radius 3 is 2.63 bits per heavy atom. The molecule has 1 amide bonds. The van der Waals surface area contributed by atoms with Crippen LogP contribution in [0.4, 0.5) is 5.69 Å². The molecule has 0 unspecified atom stereocenters. The third-order valence-electron chi connectivity index (χ3n) is 4.32. The van der Waals surface area contributed by atoms with Crippen molar-refractivity contribution in [2.24, 2.45) is 5.10 Å². The van der Waals surface area contributed by atoms with Gasteiger partial charge in [-0.1, -0.05) is 6.07 Å². The molecule has 1 aliphatic heterocycles. The number of hydrazone groups is 1. The Morgan fingerprint density at radius 2 is 2.00 bits per heavy atom. The predicted molar refractivity (Wildman–Crippen MR) is 118 cm³/mol. The molecular weight excluding hydrogens is 452 g/mol. The molecule has 0 saturated heterocycles. The molecule has 0 bridgehead atoms. The summed E-state index contributed by atoms with van der Waals surface area (Å²) in [5.41, 5.74) is 2.14. The first-order valence-electron chi connectivity index (χ1n) is 9.20. The molecule has 1 heterocycles. The fraction of sp³-hybridized carbons (Fsp3) is 0.227. The van der Waals surface area contributed by atoms with Crippen LogP contribution in [0.2, 0.25) is 0 Å². The Labute approximate surface area is 182 Å². The van der Waals surface area contributed by atoms with E-state index in [4.69, 9.17) is 9.47 Å². The van der Waals surface area contributed by atoms with Crippen LogP contribution in [0.15, 0.2) is 51.5 Å². The van der Waals surface area contributed by atoms with Crippen LogP contribution in [-0.4, -0.2) is 35.9 Å². The van der Waals surface area contributed by atoms with Crippen molar-refractivity contribution in [1.29, 1.82) is 0 Å². The summed E-state index contributed by atoms with van der Waals surface area (Å²) >= 11 is 3.50. The lowest BCUT2D eigenvalue weighted by molar-refractivity contribution is -0.114. The van der Waals surface area contributed by atoms with Crippen LogP contribution < -0.4 is 14.5 Å². The van der Waals surface area contributed by atoms with Gasteiger partial charge in [-0.3, -0.25) is 4.79 Å². The van der Waals surface area contributed by atoms with Gasteiger partial charge in [-0.2, -0.15) is 10.1 Å². The molecule has 156 valence electrons. The van der Waals surface area contributed by atoms with Gasteiger partial charge in [0.05, 0.1) is 40.2 Å². The number of carbonyl (C=O) groups excluding carboxylic acids is 1. The van der Waals surface area contributed by atoms with Crippen LogP contribution in [0.3, 0.4) is 0 Å². The van der Waals surface area contributed by atoms with Gasteiger partial charge in [0.2, 0.25) is 0 Å². The zero-order valence-corrected chi connectivity index (χ0v) is 18.6. The lowest BCUT2D eigenvalue weighted by Gasteiger charge is -2.16. The molecule has 0 fully saturated rings. The Morgan fingerprint density at radius 1 is 1.27 bits per heavy atom. The number of ether oxygens (including phenoxy) is 2. The van der Waals surface area contributed by atoms with Crippen molar-refractivity contribution in [2.45, 2.75) is 26.9 Å². The largest absolute Gasteiger partial charge is 0.493 e. The molecular formula is C22H21BrN2O5. The summed E-state index contributed by atoms with van der Waals surface area (Å²) in [7, 11) is 1.55. The van der Waals surface area contributed by atoms with Gasteiger partial charge in [0, 0.05) is 0 Å². The van der Waals surface area contributed by atoms with E-state index < -0.39 is 5.97 Å². The number of halogens is 1. The smallest absolute Gasteiger partial charge is 0.335 e. The highest BCUT2D eigenvalue weighted by atomic mass is 79.9. The zero-order chi connectivity index (χ0) is 22.0. The summed E-state index contributed by atoms with van der Waals surface area (Å²) in [4.78, 5) is 24.2. The van der Waals surface area contributed by atoms with E-state index in [1.165, 1.54) is 17.1 Å². The molecule has 0 atom stereocenters. The first kappa shape index (κ1) is 21.6. The highest BCUT2D eigenvalue weighted by Crippen LogP contribution is 2.38. The van der Waals surface area contributed by atoms with Crippen LogP contribution in [0.25, 0.3) is 6.08 Å². The molecule has 7 nitrogen and oxygen atoms in total. The molecule has 0 aliphatic carbocycles. The number of hydrogen-bond acceptors (Lipinski definition) is 5. The second kappa shape index (κ2) is 8.71. The summed E-state index contributed by atoms with van der Waals surface area (Å²) in [5, 5.41) is 14.7. The number of nitrogens with zero attached hydrogens (tertiary/aromatic N) is 2. The molecule has 0 saturated carbocycles. The highest BCUT2D eigenvalue weighted by molar-refractivity contribution is 9.10. The maximum Gasteiger partial charge on any atom is 0.335 e. The third-order valence-corrected chi connectivity index (χ3v) is 4.91. The lowest BCUT2D eigenvalue weighted by atomic mass is 10.1. The Kier molecular flexibility index (Phi) is 6.26. The second-order valence-electron chi connectivity index (χ2n) is 6.92. The normalized spacial score (nSPS) is 15.0. The Bertz CT molecular complexity index is 1080. The van der Waals surface area contributed by atoms with Crippen molar-refractivity contribution in [1.82, 2.24) is 0 Å². The molecule has 1 N–H and O–H groups in total. The van der Waals surface area contributed by atoms with Crippen molar-refractivity contribution in [3.05, 3.63) is 57.6 Å². The summed E-state index contributed by atoms with van der Waals surface area (Å²) < 4.78 is 11.9. The molecule has 0 radical (unpaired) electrons. The van der Waals surface area contributed by atoms with E-state index in [2.05, 4.69) is 21.0 Å². The van der Waals surface area contributed by atoms with Gasteiger partial charge in [-0.15, -0.1) is 0 Å². The number of carboxylic acid groups (broad SMARTS) is 1. The van der Waals surface area contributed by atoms with Crippen LogP contribution in [-0.2, 0) is 4.79 Å². The van der Waals surface area contributed by atoms with E-state index >= 15 is 0 Å². The van der Waals surface area contributed by atoms with Crippen LogP contribution in [0.1, 0.15) is 36.7 Å². The molecule has 1 aliphatic rings. The van der Waals surface area contributed by atoms with E-state index in [1.54, 1.807) is 38.3 Å². The van der Waals surface area contributed by atoms with Gasteiger partial charge in [0.15, 0.2) is 11.5 Å². The maximum absolute atomic E-state index is 13.0. The number of benzene rings is 2. The quantitative estimate of drug-likeness (QED) is 0.612. The van der Waals surface area contributed by atoms with E-state index in [0.29, 0.717) is 32.9 Å². The molecule has 2 aromatic carbocycles. The Hall–Kier alpha value is -3.13. The van der Waals surface area contributed by atoms with Crippen molar-refractivity contribution >= 4 is 45.3 Å². The molecule has 30 heavy (non-hydrogen) atoms. The van der Waals surface area contributed by atoms with Gasteiger partial charge in [-0.25, -0.2) is 4.79 Å². The summed E-state index contributed by atoms with van der Waals surface area (Å²) in [6, 6.07) is 9.71. The van der Waals surface area contributed by atoms with E-state index in [0.717, 1.165) is 5.56 Å². The van der Waals surface area contributed by atoms with Crippen molar-refractivity contribution in [3.63, 3.8) is 0 Å². The fourth-order valence-corrected chi connectivity index (χ4v) is 3.52. The molecule has 3 rings (SSSR count). The number of amides is 1. The predicted octanol–water partition coefficient (Wildman–Crippen LogP) is 4.75. The van der Waals surface area contributed by atoms with Crippen molar-refractivity contribution in [2.75, 3.05) is 12.1 Å². The number of hydrogen-bond donors (Lipinski definition) is 1. The number of rotatable bonds is 6. The Balaban J connectivity index is 1.96. The summed E-state index contributed by atoms with van der Waals surface area (Å²) in [5.74, 6) is -0.283. The molecule has 8 heteroatoms. The van der Waals surface area contributed by atoms with Crippen LogP contribution in [0, 0.1) is 0 Å². The molecule has 2 aromatic rings. The topological polar surface area (TPSA) is 88.4 Å². The van der Waals surface area contributed by atoms with Gasteiger partial charge >= 0.3 is 5.97 Å². The number of anilines is 1. The number of methoxy groups -OCH3 is 1. The third kappa shape index (κ3) is 4.38. The lowest BCUT2D eigenvalue weighted by Crippen LogP contribution is -2.21. The van der Waals surface area contributed by atoms with E-state index in [-0.39, 0.29) is 17.6 Å². The van der Waals surface area contributed by atoms with Crippen molar-refractivity contribution in [3.8, 4) is 11.5 Å². The van der Waals surface area contributed by atoms with Gasteiger partial charge in [-0.05, 0) is 78.7 Å². The first-order chi connectivity index (χ1) is 14.2. The number of carbonyl (C=O) groups is 2. The SMILES string of the molecule is COc1cc(/C=C2\C(=O)N(c3cccc(C(=O)O)c3)N=C2C)cc(Br)c1OC(C)C. The van der Waals surface area contributed by atoms with Crippen LogP contribution >= 0.6 is 15.9 Å². The maximum atomic E-state index is 13.0. The number of aromatic carboxylic acids is 1. The highest BCUT2D eigenvalue weighted by Gasteiger charge is 2.29. The van der Waals surface area contributed by atoms with E-state index in [9.17, 15) is 14.7 Å². The minimum absolute atomic E-state index is 0.0275. The average Bonchev–Trinajstić information content (AvgIpc) is 2.97. The average molecular weight is 473 g/mol. The first-order valence-corrected chi connectivity index (χ1v) is 9.99.